The number of ether oxygens (including phenoxy) is 1. The Morgan fingerprint density at radius 1 is 1.39 bits per heavy atom. The third-order valence-electron chi connectivity index (χ3n) is 2.77. The molecule has 0 radical (unpaired) electrons. The highest BCUT2D eigenvalue weighted by Gasteiger charge is 2.07. The highest BCUT2D eigenvalue weighted by atomic mass is 79.9. The van der Waals surface area contributed by atoms with Gasteiger partial charge in [0.05, 0.1) is 17.8 Å². The molecule has 0 fully saturated rings. The maximum Gasteiger partial charge on any atom is 0.232 e. The van der Waals surface area contributed by atoms with Crippen LogP contribution in [0.25, 0.3) is 0 Å². The van der Waals surface area contributed by atoms with Crippen LogP contribution in [0.1, 0.15) is 46.0 Å². The van der Waals surface area contributed by atoms with E-state index < -0.39 is 0 Å². The Balaban J connectivity index is 2.41. The lowest BCUT2D eigenvalue weighted by atomic mass is 10.1. The van der Waals surface area contributed by atoms with Gasteiger partial charge in [0, 0.05) is 6.04 Å². The van der Waals surface area contributed by atoms with Crippen LogP contribution in [0.5, 0.6) is 5.88 Å². The Hall–Kier alpha value is -0.840. The van der Waals surface area contributed by atoms with Crippen LogP contribution in [0.2, 0.25) is 0 Å². The maximum atomic E-state index is 5.14. The van der Waals surface area contributed by atoms with Gasteiger partial charge in [-0.1, -0.05) is 32.6 Å². The molecule has 102 valence electrons. The first kappa shape index (κ1) is 15.2. The largest absolute Gasteiger partial charge is 0.480 e. The number of hydrogen-bond donors (Lipinski definition) is 1. The fourth-order valence-electron chi connectivity index (χ4n) is 1.73. The van der Waals surface area contributed by atoms with Gasteiger partial charge >= 0.3 is 0 Å². The van der Waals surface area contributed by atoms with Gasteiger partial charge in [0.1, 0.15) is 0 Å². The molecule has 0 bridgehead atoms. The topological polar surface area (TPSA) is 47.0 Å². The van der Waals surface area contributed by atoms with E-state index in [-0.39, 0.29) is 0 Å². The van der Waals surface area contributed by atoms with Gasteiger partial charge in [-0.15, -0.1) is 0 Å². The van der Waals surface area contributed by atoms with Crippen LogP contribution in [-0.4, -0.2) is 23.1 Å². The lowest BCUT2D eigenvalue weighted by Crippen LogP contribution is -2.17. The van der Waals surface area contributed by atoms with Gasteiger partial charge in [0.25, 0.3) is 0 Å². The van der Waals surface area contributed by atoms with E-state index >= 15 is 0 Å². The van der Waals surface area contributed by atoms with E-state index in [2.05, 4.69) is 45.1 Å². The predicted octanol–water partition coefficient (Wildman–Crippen LogP) is 4.02. The van der Waals surface area contributed by atoms with Gasteiger partial charge in [0.2, 0.25) is 11.8 Å². The van der Waals surface area contributed by atoms with Crippen molar-refractivity contribution in [1.29, 1.82) is 0 Å². The van der Waals surface area contributed by atoms with Gasteiger partial charge in [-0.3, -0.25) is 0 Å². The average molecular weight is 316 g/mol. The number of unbranched alkanes of at least 4 members (excludes halogenated alkanes) is 3. The van der Waals surface area contributed by atoms with E-state index in [4.69, 9.17) is 4.74 Å². The fraction of sp³-hybridized carbons (Fsp3) is 0.692. The molecular formula is C13H22BrN3O. The quantitative estimate of drug-likeness (QED) is 0.736. The molecule has 0 spiro atoms. The van der Waals surface area contributed by atoms with Crippen LogP contribution in [0, 0.1) is 0 Å². The molecule has 0 saturated heterocycles. The number of anilines is 1. The van der Waals surface area contributed by atoms with E-state index in [9.17, 15) is 0 Å². The summed E-state index contributed by atoms with van der Waals surface area (Å²) < 4.78 is 5.91. The van der Waals surface area contributed by atoms with Crippen molar-refractivity contribution in [2.45, 2.75) is 52.0 Å². The molecule has 0 aliphatic rings. The second-order valence-corrected chi connectivity index (χ2v) is 5.30. The van der Waals surface area contributed by atoms with Crippen molar-refractivity contribution in [3.05, 3.63) is 10.7 Å². The number of methoxy groups -OCH3 is 1. The van der Waals surface area contributed by atoms with E-state index in [0.29, 0.717) is 17.9 Å². The summed E-state index contributed by atoms with van der Waals surface area (Å²) in [4.78, 5) is 8.51. The van der Waals surface area contributed by atoms with Gasteiger partial charge < -0.3 is 10.1 Å². The van der Waals surface area contributed by atoms with Gasteiger partial charge in [-0.25, -0.2) is 4.98 Å². The van der Waals surface area contributed by atoms with Crippen LogP contribution in [-0.2, 0) is 0 Å². The number of nitrogens with zero attached hydrogens (tertiary/aromatic N) is 2. The Bertz CT molecular complexity index is 360. The van der Waals surface area contributed by atoms with Crippen LogP contribution in [0.15, 0.2) is 10.7 Å². The summed E-state index contributed by atoms with van der Waals surface area (Å²) in [6.45, 7) is 4.38. The molecular weight excluding hydrogens is 294 g/mol. The summed E-state index contributed by atoms with van der Waals surface area (Å²) in [5.41, 5.74) is 0. The molecule has 1 unspecified atom stereocenters. The van der Waals surface area contributed by atoms with Crippen molar-refractivity contribution in [2.75, 3.05) is 12.4 Å². The van der Waals surface area contributed by atoms with Crippen molar-refractivity contribution >= 4 is 21.9 Å². The summed E-state index contributed by atoms with van der Waals surface area (Å²) in [5, 5.41) is 3.30. The van der Waals surface area contributed by atoms with Crippen molar-refractivity contribution in [3.63, 3.8) is 0 Å². The third-order valence-corrected chi connectivity index (χ3v) is 3.32. The smallest absolute Gasteiger partial charge is 0.232 e. The summed E-state index contributed by atoms with van der Waals surface area (Å²) in [5.74, 6) is 1.18. The number of rotatable bonds is 8. The molecule has 1 rings (SSSR count). The maximum absolute atomic E-state index is 5.14. The number of halogens is 1. The molecule has 1 atom stereocenters. The van der Waals surface area contributed by atoms with Crippen molar-refractivity contribution in [3.8, 4) is 5.88 Å². The minimum Gasteiger partial charge on any atom is -0.480 e. The first-order chi connectivity index (χ1) is 8.67. The van der Waals surface area contributed by atoms with E-state index in [1.807, 2.05) is 0 Å². The Morgan fingerprint density at radius 3 is 2.83 bits per heavy atom. The molecule has 0 aliphatic carbocycles. The SMILES string of the molecule is CCCCCCC(C)Nc1ncc(Br)c(OC)n1. The molecule has 1 aromatic rings. The molecule has 5 heteroatoms. The van der Waals surface area contributed by atoms with Crippen molar-refractivity contribution < 1.29 is 4.74 Å². The van der Waals surface area contributed by atoms with Crippen LogP contribution in [0.4, 0.5) is 5.95 Å². The Morgan fingerprint density at radius 2 is 2.17 bits per heavy atom. The minimum atomic E-state index is 0.382. The Kier molecular flexibility index (Phi) is 7.01. The Labute approximate surface area is 118 Å². The standard InChI is InChI=1S/C13H22BrN3O/c1-4-5-6-7-8-10(2)16-13-15-9-11(14)12(17-13)18-3/h9-10H,4-8H2,1-3H3,(H,15,16,17). The normalized spacial score (nSPS) is 12.2. The zero-order valence-corrected chi connectivity index (χ0v) is 13.0. The van der Waals surface area contributed by atoms with Gasteiger partial charge in [0.15, 0.2) is 0 Å². The zero-order valence-electron chi connectivity index (χ0n) is 11.4. The molecule has 1 N–H and O–H groups in total. The van der Waals surface area contributed by atoms with Crippen molar-refractivity contribution in [2.24, 2.45) is 0 Å². The first-order valence-electron chi connectivity index (χ1n) is 6.50. The molecule has 1 aromatic heterocycles. The van der Waals surface area contributed by atoms with E-state index in [0.717, 1.165) is 10.9 Å². The fourth-order valence-corrected chi connectivity index (χ4v) is 2.09. The second-order valence-electron chi connectivity index (χ2n) is 4.45. The highest BCUT2D eigenvalue weighted by molar-refractivity contribution is 9.10. The second kappa shape index (κ2) is 8.29. The number of nitrogens with one attached hydrogen (secondary N) is 1. The monoisotopic (exact) mass is 315 g/mol. The molecule has 0 amide bonds. The molecule has 4 nitrogen and oxygen atoms in total. The minimum absolute atomic E-state index is 0.382. The molecule has 1 heterocycles. The predicted molar refractivity (Wildman–Crippen MR) is 78.1 cm³/mol. The van der Waals surface area contributed by atoms with Crippen LogP contribution < -0.4 is 10.1 Å². The van der Waals surface area contributed by atoms with Crippen LogP contribution in [0.3, 0.4) is 0 Å². The summed E-state index contributed by atoms with van der Waals surface area (Å²) >= 11 is 3.34. The van der Waals surface area contributed by atoms with Gasteiger partial charge in [-0.05, 0) is 29.3 Å². The molecule has 0 aliphatic heterocycles. The lowest BCUT2D eigenvalue weighted by molar-refractivity contribution is 0.394. The van der Waals surface area contributed by atoms with Crippen molar-refractivity contribution in [1.82, 2.24) is 9.97 Å². The highest BCUT2D eigenvalue weighted by Crippen LogP contribution is 2.22. The summed E-state index contributed by atoms with van der Waals surface area (Å²) in [7, 11) is 1.60. The summed E-state index contributed by atoms with van der Waals surface area (Å²) in [6.07, 6.45) is 7.98. The number of aromatic nitrogens is 2. The zero-order chi connectivity index (χ0) is 13.4. The molecule has 0 saturated carbocycles. The number of hydrogen-bond acceptors (Lipinski definition) is 4. The first-order valence-corrected chi connectivity index (χ1v) is 7.29. The average Bonchev–Trinajstić information content (AvgIpc) is 2.37. The molecule has 18 heavy (non-hydrogen) atoms. The summed E-state index contributed by atoms with van der Waals surface area (Å²) in [6, 6.07) is 0.382. The van der Waals surface area contributed by atoms with Gasteiger partial charge in [-0.2, -0.15) is 4.98 Å². The van der Waals surface area contributed by atoms with Crippen LogP contribution >= 0.6 is 15.9 Å². The third kappa shape index (κ3) is 5.21. The lowest BCUT2D eigenvalue weighted by Gasteiger charge is -2.14. The molecule has 0 aromatic carbocycles. The van der Waals surface area contributed by atoms with E-state index in [1.54, 1.807) is 13.3 Å². The van der Waals surface area contributed by atoms with E-state index in [1.165, 1.54) is 25.7 Å².